The molecular weight excluding hydrogens is 457 g/mol. The molecule has 0 saturated heterocycles. The van der Waals surface area contributed by atoms with E-state index in [1.54, 1.807) is 0 Å². The summed E-state index contributed by atoms with van der Waals surface area (Å²) in [6, 6.07) is 7.96. The third-order valence-electron chi connectivity index (χ3n) is 4.94. The van der Waals surface area contributed by atoms with E-state index in [1.165, 1.54) is 47.2 Å². The molecule has 2 aromatic heterocycles. The maximum absolute atomic E-state index is 13.4. The Bertz CT molecular complexity index is 1210. The van der Waals surface area contributed by atoms with Crippen LogP contribution in [-0.2, 0) is 10.9 Å². The molecule has 5 N–H and O–H groups in total. The second kappa shape index (κ2) is 9.67. The highest BCUT2D eigenvalue weighted by Gasteiger charge is 2.33. The number of nitrogens with one attached hydrogen (secondary N) is 3. The van der Waals surface area contributed by atoms with Crippen molar-refractivity contribution in [3.8, 4) is 11.3 Å². The fourth-order valence-corrected chi connectivity index (χ4v) is 3.27. The van der Waals surface area contributed by atoms with Crippen LogP contribution in [0.15, 0.2) is 54.6 Å². The van der Waals surface area contributed by atoms with Gasteiger partial charge in [-0.15, -0.1) is 0 Å². The van der Waals surface area contributed by atoms with E-state index in [4.69, 9.17) is 9.84 Å². The molecular formula is C21H21F3N6O4. The molecule has 3 heterocycles. The highest BCUT2D eigenvalue weighted by molar-refractivity contribution is 5.94. The van der Waals surface area contributed by atoms with Crippen molar-refractivity contribution >= 4 is 11.6 Å². The van der Waals surface area contributed by atoms with Gasteiger partial charge in [0.05, 0.1) is 37.2 Å². The van der Waals surface area contributed by atoms with E-state index in [0.717, 1.165) is 6.07 Å². The van der Waals surface area contributed by atoms with E-state index >= 15 is 0 Å². The lowest BCUT2D eigenvalue weighted by molar-refractivity contribution is -0.137. The number of benzene rings is 1. The number of aliphatic hydroxyl groups excluding tert-OH is 2. The van der Waals surface area contributed by atoms with Crippen molar-refractivity contribution in [1.82, 2.24) is 30.5 Å². The molecule has 2 atom stereocenters. The van der Waals surface area contributed by atoms with Crippen molar-refractivity contribution in [2.24, 2.45) is 0 Å². The van der Waals surface area contributed by atoms with Gasteiger partial charge in [0.1, 0.15) is 18.2 Å². The first-order chi connectivity index (χ1) is 16.3. The molecule has 10 nitrogen and oxygen atoms in total. The van der Waals surface area contributed by atoms with Crippen molar-refractivity contribution < 1.29 is 32.9 Å². The van der Waals surface area contributed by atoms with Gasteiger partial charge in [0.25, 0.3) is 5.91 Å². The Morgan fingerprint density at radius 2 is 2.09 bits per heavy atom. The Morgan fingerprint density at radius 1 is 1.29 bits per heavy atom. The lowest BCUT2D eigenvalue weighted by atomic mass is 10.0. The lowest BCUT2D eigenvalue weighted by Crippen LogP contribution is -2.47. The second-order valence-corrected chi connectivity index (χ2v) is 7.39. The summed E-state index contributed by atoms with van der Waals surface area (Å²) in [5.41, 5.74) is -0.602. The van der Waals surface area contributed by atoms with Crippen LogP contribution in [0.4, 0.5) is 13.2 Å². The summed E-state index contributed by atoms with van der Waals surface area (Å²) < 4.78 is 46.8. The number of hydrogen-bond acceptors (Lipinski definition) is 8. The van der Waals surface area contributed by atoms with Gasteiger partial charge in [0.15, 0.2) is 11.3 Å². The number of ether oxygens (including phenoxy) is 1. The summed E-state index contributed by atoms with van der Waals surface area (Å²) in [6.45, 7) is -0.235. The van der Waals surface area contributed by atoms with Gasteiger partial charge in [-0.2, -0.15) is 18.3 Å². The molecule has 0 saturated carbocycles. The number of carbonyl (C=O) groups is 1. The second-order valence-electron chi connectivity index (χ2n) is 7.39. The minimum Gasteiger partial charge on any atom is -0.394 e. The molecule has 2 unspecified atom stereocenters. The van der Waals surface area contributed by atoms with Crippen molar-refractivity contribution in [2.75, 3.05) is 19.8 Å². The number of fused-ring (bicyclic) bond motifs is 1. The van der Waals surface area contributed by atoms with E-state index in [9.17, 15) is 23.1 Å². The molecule has 1 aliphatic rings. The van der Waals surface area contributed by atoms with Crippen molar-refractivity contribution in [3.63, 3.8) is 0 Å². The number of aromatic nitrogens is 3. The summed E-state index contributed by atoms with van der Waals surface area (Å²) in [5.74, 6) is -0.266. The fourth-order valence-electron chi connectivity index (χ4n) is 3.27. The highest BCUT2D eigenvalue weighted by atomic mass is 19.4. The van der Waals surface area contributed by atoms with Crippen LogP contribution in [0.5, 0.6) is 0 Å². The summed E-state index contributed by atoms with van der Waals surface area (Å²) in [5, 5.41) is 30.8. The zero-order valence-corrected chi connectivity index (χ0v) is 17.6. The highest BCUT2D eigenvalue weighted by Crippen LogP contribution is 2.36. The van der Waals surface area contributed by atoms with E-state index < -0.39 is 36.6 Å². The summed E-state index contributed by atoms with van der Waals surface area (Å²) >= 11 is 0. The predicted molar refractivity (Wildman–Crippen MR) is 113 cm³/mol. The number of rotatable bonds is 7. The van der Waals surface area contributed by atoms with Crippen LogP contribution in [0.25, 0.3) is 16.9 Å². The first kappa shape index (κ1) is 23.5. The Labute approximate surface area is 191 Å². The van der Waals surface area contributed by atoms with Crippen LogP contribution in [-0.4, -0.2) is 62.8 Å². The van der Waals surface area contributed by atoms with Gasteiger partial charge >= 0.3 is 6.18 Å². The van der Waals surface area contributed by atoms with Gasteiger partial charge in [0.2, 0.25) is 0 Å². The number of nitrogens with zero attached hydrogens (tertiary/aromatic N) is 3. The number of alkyl halides is 3. The average molecular weight is 478 g/mol. The lowest BCUT2D eigenvalue weighted by Gasteiger charge is -2.26. The summed E-state index contributed by atoms with van der Waals surface area (Å²) in [4.78, 5) is 16.9. The normalized spacial score (nSPS) is 17.0. The number of aliphatic hydroxyl groups is 2. The predicted octanol–water partition coefficient (Wildman–Crippen LogP) is 0.833. The van der Waals surface area contributed by atoms with Crippen molar-refractivity contribution in [3.05, 3.63) is 65.9 Å². The monoisotopic (exact) mass is 478 g/mol. The van der Waals surface area contributed by atoms with Crippen LogP contribution in [0.2, 0.25) is 0 Å². The third-order valence-corrected chi connectivity index (χ3v) is 4.94. The van der Waals surface area contributed by atoms with Gasteiger partial charge in [-0.25, -0.2) is 9.50 Å². The molecule has 180 valence electrons. The van der Waals surface area contributed by atoms with Crippen molar-refractivity contribution in [2.45, 2.75) is 18.5 Å². The summed E-state index contributed by atoms with van der Waals surface area (Å²) in [7, 11) is 0. The molecule has 1 aliphatic heterocycles. The maximum Gasteiger partial charge on any atom is 0.417 e. The SMILES string of the molecule is O=C(NC1=CNC(OCC(O)CO)CN1)c1cnc2ccc(-c3ccccc3C(F)(F)F)nn12. The molecule has 1 amide bonds. The molecule has 0 bridgehead atoms. The topological polar surface area (TPSA) is 133 Å². The van der Waals surface area contributed by atoms with Gasteiger partial charge in [0, 0.05) is 11.8 Å². The molecule has 0 fully saturated rings. The molecule has 3 aromatic rings. The van der Waals surface area contributed by atoms with E-state index in [-0.39, 0.29) is 35.8 Å². The van der Waals surface area contributed by atoms with Gasteiger partial charge < -0.3 is 30.9 Å². The Hall–Kier alpha value is -3.68. The molecule has 1 aromatic carbocycles. The molecule has 4 rings (SSSR count). The number of carbonyl (C=O) groups excluding carboxylic acids is 1. The fraction of sp³-hybridized carbons (Fsp3) is 0.286. The van der Waals surface area contributed by atoms with E-state index in [2.05, 4.69) is 26.0 Å². The first-order valence-electron chi connectivity index (χ1n) is 10.2. The largest absolute Gasteiger partial charge is 0.417 e. The Kier molecular flexibility index (Phi) is 6.68. The van der Waals surface area contributed by atoms with Crippen molar-refractivity contribution in [1.29, 1.82) is 0 Å². The first-order valence-corrected chi connectivity index (χ1v) is 10.2. The van der Waals surface area contributed by atoms with Crippen LogP contribution in [0, 0.1) is 0 Å². The van der Waals surface area contributed by atoms with E-state index in [0.29, 0.717) is 5.82 Å². The van der Waals surface area contributed by atoms with Gasteiger partial charge in [-0.05, 0) is 18.2 Å². The smallest absolute Gasteiger partial charge is 0.394 e. The van der Waals surface area contributed by atoms with Crippen LogP contribution in [0.1, 0.15) is 16.1 Å². The zero-order valence-electron chi connectivity index (χ0n) is 17.6. The molecule has 13 heteroatoms. The molecule has 0 spiro atoms. The standard InChI is InChI=1S/C21H21F3N6O4/c22-21(23,24)14-4-2-1-3-13(14)15-5-6-18-26-7-16(30(18)29-15)20(33)28-17-8-27-19(9-25-17)34-11-12(32)10-31/h1-8,12,19,25,27,31-32H,9-11H2,(H,28,33). The van der Waals surface area contributed by atoms with E-state index in [1.807, 2.05) is 0 Å². The quantitative estimate of drug-likeness (QED) is 0.337. The van der Waals surface area contributed by atoms with Gasteiger partial charge in [-0.1, -0.05) is 18.2 Å². The number of amides is 1. The van der Waals surface area contributed by atoms with Crippen LogP contribution < -0.4 is 16.0 Å². The Balaban J connectivity index is 1.52. The molecule has 0 aliphatic carbocycles. The van der Waals surface area contributed by atoms with Crippen LogP contribution in [0.3, 0.4) is 0 Å². The minimum atomic E-state index is -4.56. The Morgan fingerprint density at radius 3 is 2.79 bits per heavy atom. The number of halogens is 3. The maximum atomic E-state index is 13.4. The average Bonchev–Trinajstić information content (AvgIpc) is 3.26. The molecule has 0 radical (unpaired) electrons. The molecule has 34 heavy (non-hydrogen) atoms. The third kappa shape index (κ3) is 5.11. The number of imidazole rings is 1. The summed E-state index contributed by atoms with van der Waals surface area (Å²) in [6.07, 6.45) is -3.32. The zero-order chi connectivity index (χ0) is 24.3. The minimum absolute atomic E-state index is 0.0217. The van der Waals surface area contributed by atoms with Gasteiger partial charge in [-0.3, -0.25) is 4.79 Å². The number of hydrogen-bond donors (Lipinski definition) is 5. The van der Waals surface area contributed by atoms with Crippen LogP contribution >= 0.6 is 0 Å².